The van der Waals surface area contributed by atoms with Gasteiger partial charge in [-0.2, -0.15) is 10.5 Å². The first-order chi connectivity index (χ1) is 23.7. The third kappa shape index (κ3) is 8.52. The molecule has 0 unspecified atom stereocenters. The van der Waals surface area contributed by atoms with Crippen LogP contribution in [0.2, 0.25) is 0 Å². The average Bonchev–Trinajstić information content (AvgIpc) is 3.87. The summed E-state index contributed by atoms with van der Waals surface area (Å²) in [5.74, 6) is -0.282. The van der Waals surface area contributed by atoms with Gasteiger partial charge in [0.1, 0.15) is 5.75 Å². The van der Waals surface area contributed by atoms with Crippen LogP contribution in [0.4, 0.5) is 8.63 Å². The zero-order chi connectivity index (χ0) is 34.8. The first-order valence-electron chi connectivity index (χ1n) is 16.3. The van der Waals surface area contributed by atoms with E-state index in [2.05, 4.69) is 22.4 Å². The van der Waals surface area contributed by atoms with E-state index in [-0.39, 0.29) is 25.0 Å². The maximum atomic E-state index is 16.2. The maximum Gasteiger partial charge on any atom is 0.737 e. The van der Waals surface area contributed by atoms with Crippen molar-refractivity contribution in [2.75, 3.05) is 46.4 Å². The van der Waals surface area contributed by atoms with Crippen molar-refractivity contribution in [1.82, 2.24) is 19.6 Å². The molecule has 2 amide bonds. The third-order valence-electron chi connectivity index (χ3n) is 8.41. The van der Waals surface area contributed by atoms with Crippen molar-refractivity contribution in [1.29, 1.82) is 10.5 Å². The molecule has 14 heteroatoms. The second-order valence-electron chi connectivity index (χ2n) is 11.9. The lowest BCUT2D eigenvalue weighted by Gasteiger charge is -2.30. The van der Waals surface area contributed by atoms with Crippen LogP contribution in [0.15, 0.2) is 71.8 Å². The first kappa shape index (κ1) is 35.3. The van der Waals surface area contributed by atoms with Crippen LogP contribution < -0.4 is 10.1 Å². The summed E-state index contributed by atoms with van der Waals surface area (Å²) < 4.78 is 40.3. The van der Waals surface area contributed by atoms with Crippen LogP contribution in [0.3, 0.4) is 0 Å². The minimum atomic E-state index is -4.17. The van der Waals surface area contributed by atoms with Crippen LogP contribution in [-0.4, -0.2) is 89.6 Å². The van der Waals surface area contributed by atoms with Crippen LogP contribution >= 0.6 is 11.3 Å². The van der Waals surface area contributed by atoms with E-state index >= 15 is 8.63 Å². The number of hydrogen-bond donors (Lipinski definition) is 1. The molecule has 4 heterocycles. The van der Waals surface area contributed by atoms with Crippen LogP contribution in [-0.2, 0) is 9.59 Å². The van der Waals surface area contributed by atoms with Crippen LogP contribution in [0.5, 0.6) is 5.75 Å². The van der Waals surface area contributed by atoms with Gasteiger partial charge in [0.15, 0.2) is 18.0 Å². The molecule has 0 saturated carbocycles. The number of amides is 2. The molecule has 5 rings (SSSR count). The molecule has 0 radical (unpaired) electrons. The number of carbonyl (C=O) groups is 2. The number of nitriles is 2. The fourth-order valence-electron chi connectivity index (χ4n) is 5.95. The Kier molecular flexibility index (Phi) is 11.8. The largest absolute Gasteiger partial charge is 0.737 e. The van der Waals surface area contributed by atoms with Crippen molar-refractivity contribution >= 4 is 41.9 Å². The number of carbonyl (C=O) groups excluding carboxylic acids is 2. The number of thiophene rings is 1. The Bertz CT molecular complexity index is 1800. The van der Waals surface area contributed by atoms with Crippen molar-refractivity contribution in [2.45, 2.75) is 32.1 Å². The molecule has 254 valence electrons. The molecule has 2 aliphatic heterocycles. The zero-order valence-corrected chi connectivity index (χ0v) is 28.2. The fraction of sp³-hybridized carbons (Fsp3) is 0.343. The number of likely N-dealkylation sites (N-methyl/N-ethyl adjacent to an activating group) is 1. The molecule has 2 aliphatic rings. The lowest BCUT2D eigenvalue weighted by Crippen LogP contribution is -2.50. The van der Waals surface area contributed by atoms with Gasteiger partial charge in [-0.3, -0.25) is 9.59 Å². The topological polar surface area (TPSA) is 117 Å². The second kappa shape index (κ2) is 16.4. The second-order valence-corrected chi connectivity index (χ2v) is 12.8. The van der Waals surface area contributed by atoms with E-state index in [0.29, 0.717) is 59.9 Å². The van der Waals surface area contributed by atoms with Crippen LogP contribution in [0.1, 0.15) is 43.4 Å². The molecule has 0 spiro atoms. The van der Waals surface area contributed by atoms with Gasteiger partial charge < -0.3 is 37.4 Å². The number of allylic oxidation sites excluding steroid dienone is 2. The predicted octanol–water partition coefficient (Wildman–Crippen LogP) is 5.12. The number of nitrogens with zero attached hydrogens (tertiary/aromatic N) is 6. The Labute approximate surface area is 288 Å². The van der Waals surface area contributed by atoms with Gasteiger partial charge in [0.25, 0.3) is 5.91 Å². The summed E-state index contributed by atoms with van der Waals surface area (Å²) in [7, 11) is 1.52. The van der Waals surface area contributed by atoms with Crippen molar-refractivity contribution in [3.8, 4) is 28.5 Å². The van der Waals surface area contributed by atoms with E-state index < -0.39 is 6.97 Å². The van der Waals surface area contributed by atoms with Gasteiger partial charge in [-0.05, 0) is 86.7 Å². The Hall–Kier alpha value is -5.05. The smallest absolute Gasteiger partial charge is 0.484 e. The number of hydrogen-bond acceptors (Lipinski definition) is 7. The van der Waals surface area contributed by atoms with Gasteiger partial charge in [-0.25, -0.2) is 0 Å². The summed E-state index contributed by atoms with van der Waals surface area (Å²) in [5, 5.41) is 22.3. The Morgan fingerprint density at radius 3 is 2.39 bits per heavy atom. The Morgan fingerprint density at radius 1 is 1.00 bits per heavy atom. The minimum absolute atomic E-state index is 0.126. The van der Waals surface area contributed by atoms with Crippen molar-refractivity contribution in [2.24, 2.45) is 0 Å². The van der Waals surface area contributed by atoms with Gasteiger partial charge >= 0.3 is 6.97 Å². The molecule has 49 heavy (non-hydrogen) atoms. The maximum absolute atomic E-state index is 16.2. The Balaban J connectivity index is 1.10. The number of fused-ring (bicyclic) bond motifs is 2. The number of aromatic nitrogens is 1. The number of unbranched alkanes of at least 4 members (excludes halogenated alkanes) is 2. The van der Waals surface area contributed by atoms with Crippen LogP contribution in [0.25, 0.3) is 16.6 Å². The molecule has 0 aliphatic carbocycles. The van der Waals surface area contributed by atoms with E-state index in [1.54, 1.807) is 54.6 Å². The van der Waals surface area contributed by atoms with E-state index in [4.69, 9.17) is 15.3 Å². The zero-order valence-electron chi connectivity index (χ0n) is 27.4. The number of nitrogens with one attached hydrogen (secondary N) is 1. The molecule has 0 bridgehead atoms. The van der Waals surface area contributed by atoms with Gasteiger partial charge in [0.05, 0.1) is 18.7 Å². The minimum Gasteiger partial charge on any atom is -0.484 e. The number of halogens is 2. The Morgan fingerprint density at radius 2 is 1.71 bits per heavy atom. The normalized spacial score (nSPS) is 14.1. The van der Waals surface area contributed by atoms with Gasteiger partial charge in [0, 0.05) is 66.5 Å². The summed E-state index contributed by atoms with van der Waals surface area (Å²) in [6, 6.07) is 18.1. The van der Waals surface area contributed by atoms with E-state index in [9.17, 15) is 9.59 Å². The summed E-state index contributed by atoms with van der Waals surface area (Å²) >= 11 is 1.42. The SMILES string of the molecule is CN(CC(=O)NCCCN(CCCC#N)CCCC#N)C(=O)COc1ccc(C2=[N+]3C(=Cc4ccc(-c5cccs5)n4[B-]3(F)F)C=C2)cc1. The predicted molar refractivity (Wildman–Crippen MR) is 186 cm³/mol. The molecule has 0 saturated heterocycles. The quantitative estimate of drug-likeness (QED) is 0.156. The summed E-state index contributed by atoms with van der Waals surface area (Å²) in [6.45, 7) is -1.88. The summed E-state index contributed by atoms with van der Waals surface area (Å²) in [6.07, 6.45) is 8.30. The van der Waals surface area contributed by atoms with E-state index in [0.717, 1.165) is 46.3 Å². The summed E-state index contributed by atoms with van der Waals surface area (Å²) in [4.78, 5) is 29.4. The van der Waals surface area contributed by atoms with Crippen molar-refractivity contribution in [3.63, 3.8) is 0 Å². The fourth-order valence-corrected chi connectivity index (χ4v) is 6.70. The molecule has 0 atom stereocenters. The van der Waals surface area contributed by atoms with Gasteiger partial charge in [-0.1, -0.05) is 6.07 Å². The standard InChI is InChI=1S/C35H38BF2N7O3S/c1-42(25-34(46)41-19-7-22-43(20-4-2-17-39)21-5-3-18-40)35(47)26-48-30-13-9-27(10-14-30)31-15-11-28-24-29-12-16-32(33-8-6-23-49-33)45(29)36(37,38)44(28)31/h6,8-16,23-24H,2-5,7,19-22,25-26H2,1H3,(H,41,46). The van der Waals surface area contributed by atoms with E-state index in [1.165, 1.54) is 23.3 Å². The molecule has 1 aromatic carbocycles. The van der Waals surface area contributed by atoms with Crippen LogP contribution in [0, 0.1) is 22.7 Å². The molecule has 1 N–H and O–H groups in total. The number of benzene rings is 1. The molecule has 10 nitrogen and oxygen atoms in total. The van der Waals surface area contributed by atoms with Gasteiger partial charge in [0.2, 0.25) is 5.91 Å². The van der Waals surface area contributed by atoms with Crippen molar-refractivity contribution in [3.05, 3.63) is 83.0 Å². The van der Waals surface area contributed by atoms with Crippen molar-refractivity contribution < 1.29 is 27.4 Å². The third-order valence-corrected chi connectivity index (χ3v) is 9.30. The number of rotatable bonds is 17. The lowest BCUT2D eigenvalue weighted by atomic mass is 9.90. The molecule has 2 aromatic heterocycles. The molecular weight excluding hydrogens is 647 g/mol. The highest BCUT2D eigenvalue weighted by Gasteiger charge is 2.52. The highest BCUT2D eigenvalue weighted by molar-refractivity contribution is 7.13. The highest BCUT2D eigenvalue weighted by Crippen LogP contribution is 2.38. The highest BCUT2D eigenvalue weighted by atomic mass is 32.1. The molecule has 3 aromatic rings. The first-order valence-corrected chi connectivity index (χ1v) is 17.1. The molecule has 0 fully saturated rings. The van der Waals surface area contributed by atoms with Gasteiger partial charge in [-0.15, -0.1) is 11.3 Å². The monoisotopic (exact) mass is 685 g/mol. The average molecular weight is 686 g/mol. The lowest BCUT2D eigenvalue weighted by molar-refractivity contribution is -0.360. The summed E-state index contributed by atoms with van der Waals surface area (Å²) in [5.41, 5.74) is 2.29. The van der Waals surface area contributed by atoms with E-state index in [1.807, 2.05) is 17.5 Å². The molecular formula is C35H38BF2N7O3S. The number of ether oxygens (including phenoxy) is 1.